The maximum atomic E-state index is 12.5. The number of amides is 1. The normalized spacial score (nSPS) is 13.2. The maximum absolute atomic E-state index is 12.5. The molecule has 144 valence electrons. The zero-order valence-corrected chi connectivity index (χ0v) is 15.8. The summed E-state index contributed by atoms with van der Waals surface area (Å²) in [6.07, 6.45) is 1.64. The highest BCUT2D eigenvalue weighted by atomic mass is 32.2. The Morgan fingerprint density at radius 1 is 1.07 bits per heavy atom. The van der Waals surface area contributed by atoms with E-state index in [1.807, 2.05) is 6.92 Å². The average Bonchev–Trinajstić information content (AvgIpc) is 2.68. The highest BCUT2D eigenvalue weighted by Crippen LogP contribution is 2.32. The van der Waals surface area contributed by atoms with Gasteiger partial charge in [0, 0.05) is 23.9 Å². The number of fused-ring (bicyclic) bond motifs is 1. The van der Waals surface area contributed by atoms with Crippen LogP contribution in [0.1, 0.15) is 30.1 Å². The zero-order chi connectivity index (χ0) is 19.3. The highest BCUT2D eigenvalue weighted by molar-refractivity contribution is 7.89. The van der Waals surface area contributed by atoms with E-state index in [1.165, 1.54) is 12.1 Å². The Morgan fingerprint density at radius 2 is 1.85 bits per heavy atom. The topological polar surface area (TPSA) is 93.7 Å². The molecular weight excluding hydrogens is 368 g/mol. The Labute approximate surface area is 158 Å². The van der Waals surface area contributed by atoms with E-state index < -0.39 is 15.9 Å². The number of anilines is 1. The van der Waals surface area contributed by atoms with Crippen LogP contribution < -0.4 is 19.5 Å². The van der Waals surface area contributed by atoms with Crippen molar-refractivity contribution in [3.63, 3.8) is 0 Å². The van der Waals surface area contributed by atoms with Crippen LogP contribution in [0.4, 0.5) is 5.69 Å². The second-order valence-electron chi connectivity index (χ2n) is 6.09. The van der Waals surface area contributed by atoms with Gasteiger partial charge in [-0.15, -0.1) is 0 Å². The predicted octanol–water partition coefficient (Wildman–Crippen LogP) is 2.79. The molecule has 0 atom stereocenters. The van der Waals surface area contributed by atoms with E-state index in [1.54, 1.807) is 30.3 Å². The molecule has 2 aromatic rings. The largest absolute Gasteiger partial charge is 0.486 e. The molecule has 1 aliphatic rings. The molecule has 7 nitrogen and oxygen atoms in total. The van der Waals surface area contributed by atoms with Crippen LogP contribution >= 0.6 is 0 Å². The molecule has 0 saturated carbocycles. The van der Waals surface area contributed by atoms with Gasteiger partial charge in [0.25, 0.3) is 5.91 Å². The fourth-order valence-corrected chi connectivity index (χ4v) is 3.72. The Bertz CT molecular complexity index is 927. The van der Waals surface area contributed by atoms with Crippen LogP contribution in [-0.4, -0.2) is 34.1 Å². The molecule has 0 unspecified atom stereocenters. The minimum Gasteiger partial charge on any atom is -0.486 e. The molecule has 0 fully saturated rings. The monoisotopic (exact) mass is 390 g/mol. The summed E-state index contributed by atoms with van der Waals surface area (Å²) in [5, 5.41) is 2.75. The molecule has 8 heteroatoms. The fourth-order valence-electron chi connectivity index (χ4n) is 2.60. The third-order valence-corrected chi connectivity index (χ3v) is 5.49. The SMILES string of the molecule is CCCCNS(=O)(=O)c1cccc(C(=O)Nc2ccc3c(c2)OCCO3)c1. The molecule has 0 spiro atoms. The third kappa shape index (κ3) is 4.78. The number of sulfonamides is 1. The summed E-state index contributed by atoms with van der Waals surface area (Å²) in [5.74, 6) is 0.790. The van der Waals surface area contributed by atoms with Crippen molar-refractivity contribution in [1.82, 2.24) is 4.72 Å². The van der Waals surface area contributed by atoms with Crippen molar-refractivity contribution >= 4 is 21.6 Å². The van der Waals surface area contributed by atoms with Gasteiger partial charge < -0.3 is 14.8 Å². The van der Waals surface area contributed by atoms with E-state index in [0.29, 0.717) is 36.9 Å². The maximum Gasteiger partial charge on any atom is 0.255 e. The molecule has 0 aromatic heterocycles. The summed E-state index contributed by atoms with van der Waals surface area (Å²) >= 11 is 0. The van der Waals surface area contributed by atoms with E-state index in [4.69, 9.17) is 9.47 Å². The first-order chi connectivity index (χ1) is 13.0. The molecule has 27 heavy (non-hydrogen) atoms. The van der Waals surface area contributed by atoms with Crippen molar-refractivity contribution in [2.45, 2.75) is 24.7 Å². The van der Waals surface area contributed by atoms with Gasteiger partial charge in [-0.2, -0.15) is 0 Å². The van der Waals surface area contributed by atoms with Crippen molar-refractivity contribution in [3.05, 3.63) is 48.0 Å². The second kappa shape index (κ2) is 8.41. The van der Waals surface area contributed by atoms with Gasteiger partial charge in [0.05, 0.1) is 4.90 Å². The summed E-state index contributed by atoms with van der Waals surface area (Å²) in [6, 6.07) is 11.1. The molecule has 0 radical (unpaired) electrons. The second-order valence-corrected chi connectivity index (χ2v) is 7.86. The molecule has 1 heterocycles. The molecular formula is C19H22N2O5S. The smallest absolute Gasteiger partial charge is 0.255 e. The number of nitrogens with one attached hydrogen (secondary N) is 2. The lowest BCUT2D eigenvalue weighted by molar-refractivity contribution is 0.102. The number of ether oxygens (including phenoxy) is 2. The minimum absolute atomic E-state index is 0.0634. The molecule has 0 saturated heterocycles. The minimum atomic E-state index is -3.64. The van der Waals surface area contributed by atoms with E-state index in [2.05, 4.69) is 10.0 Å². The molecule has 3 rings (SSSR count). The molecule has 2 aromatic carbocycles. The van der Waals surface area contributed by atoms with Gasteiger partial charge in [-0.25, -0.2) is 13.1 Å². The van der Waals surface area contributed by atoms with Gasteiger partial charge in [-0.3, -0.25) is 4.79 Å². The van der Waals surface area contributed by atoms with Crippen LogP contribution in [0, 0.1) is 0 Å². The first-order valence-electron chi connectivity index (χ1n) is 8.80. The van der Waals surface area contributed by atoms with Crippen LogP contribution in [0.5, 0.6) is 11.5 Å². The lowest BCUT2D eigenvalue weighted by Gasteiger charge is -2.19. The van der Waals surface area contributed by atoms with Gasteiger partial charge >= 0.3 is 0 Å². The third-order valence-electron chi connectivity index (χ3n) is 4.03. The van der Waals surface area contributed by atoms with Crippen molar-refractivity contribution in [2.75, 3.05) is 25.1 Å². The summed E-state index contributed by atoms with van der Waals surface area (Å²) in [6.45, 7) is 3.30. The molecule has 1 aliphatic heterocycles. The lowest BCUT2D eigenvalue weighted by Crippen LogP contribution is -2.25. The van der Waals surface area contributed by atoms with Crippen LogP contribution in [-0.2, 0) is 10.0 Å². The van der Waals surface area contributed by atoms with Crippen molar-refractivity contribution in [1.29, 1.82) is 0 Å². The number of hydrogen-bond donors (Lipinski definition) is 2. The van der Waals surface area contributed by atoms with Crippen molar-refractivity contribution in [2.24, 2.45) is 0 Å². The molecule has 2 N–H and O–H groups in total. The van der Waals surface area contributed by atoms with Gasteiger partial charge in [0.2, 0.25) is 10.0 Å². The summed E-state index contributed by atoms with van der Waals surface area (Å²) in [5.41, 5.74) is 0.793. The van der Waals surface area contributed by atoms with Crippen LogP contribution in [0.2, 0.25) is 0 Å². The Balaban J connectivity index is 1.74. The zero-order valence-electron chi connectivity index (χ0n) is 15.0. The highest BCUT2D eigenvalue weighted by Gasteiger charge is 2.17. The van der Waals surface area contributed by atoms with Gasteiger partial charge in [0.15, 0.2) is 11.5 Å². The summed E-state index contributed by atoms with van der Waals surface area (Å²) < 4.78 is 38.1. The number of benzene rings is 2. The predicted molar refractivity (Wildman–Crippen MR) is 102 cm³/mol. The van der Waals surface area contributed by atoms with E-state index in [-0.39, 0.29) is 10.5 Å². The summed E-state index contributed by atoms with van der Waals surface area (Å²) in [4.78, 5) is 12.6. The number of carbonyl (C=O) groups excluding carboxylic acids is 1. The van der Waals surface area contributed by atoms with Gasteiger partial charge in [-0.05, 0) is 36.8 Å². The number of carbonyl (C=O) groups is 1. The Kier molecular flexibility index (Phi) is 5.98. The van der Waals surface area contributed by atoms with E-state index in [0.717, 1.165) is 12.8 Å². The fraction of sp³-hybridized carbons (Fsp3) is 0.316. The van der Waals surface area contributed by atoms with Crippen molar-refractivity contribution in [3.8, 4) is 11.5 Å². The summed E-state index contributed by atoms with van der Waals surface area (Å²) in [7, 11) is -3.64. The van der Waals surface area contributed by atoms with Crippen LogP contribution in [0.25, 0.3) is 0 Å². The van der Waals surface area contributed by atoms with Crippen molar-refractivity contribution < 1.29 is 22.7 Å². The Morgan fingerprint density at radius 3 is 2.63 bits per heavy atom. The van der Waals surface area contributed by atoms with E-state index >= 15 is 0 Å². The standard InChI is InChI=1S/C19H22N2O5S/c1-2-3-9-20-27(23,24)16-6-4-5-14(12-16)19(22)21-15-7-8-17-18(13-15)26-11-10-25-17/h4-8,12-13,20H,2-3,9-11H2,1H3,(H,21,22). The lowest BCUT2D eigenvalue weighted by atomic mass is 10.2. The number of hydrogen-bond acceptors (Lipinski definition) is 5. The Hall–Kier alpha value is -2.58. The molecule has 0 aliphatic carbocycles. The quantitative estimate of drug-likeness (QED) is 0.709. The van der Waals surface area contributed by atoms with E-state index in [9.17, 15) is 13.2 Å². The number of rotatable bonds is 7. The first kappa shape index (κ1) is 19.2. The van der Waals surface area contributed by atoms with Gasteiger partial charge in [-0.1, -0.05) is 19.4 Å². The van der Waals surface area contributed by atoms with Crippen LogP contribution in [0.15, 0.2) is 47.4 Å². The molecule has 0 bridgehead atoms. The first-order valence-corrected chi connectivity index (χ1v) is 10.3. The average molecular weight is 390 g/mol. The number of unbranched alkanes of at least 4 members (excludes halogenated alkanes) is 1. The van der Waals surface area contributed by atoms with Crippen LogP contribution in [0.3, 0.4) is 0 Å². The van der Waals surface area contributed by atoms with Gasteiger partial charge in [0.1, 0.15) is 13.2 Å². The molecule has 1 amide bonds.